The Hall–Kier alpha value is -2.41. The van der Waals surface area contributed by atoms with Gasteiger partial charge in [-0.1, -0.05) is 12.1 Å². The van der Waals surface area contributed by atoms with Gasteiger partial charge in [0.1, 0.15) is 5.03 Å². The highest BCUT2D eigenvalue weighted by Crippen LogP contribution is 2.19. The smallest absolute Gasteiger partial charge is 0.282 e. The molecule has 20 heavy (non-hydrogen) atoms. The lowest BCUT2D eigenvalue weighted by molar-refractivity contribution is -0.384. The van der Waals surface area contributed by atoms with Crippen LogP contribution in [-0.4, -0.2) is 15.1 Å². The quantitative estimate of drug-likeness (QED) is 0.530. The van der Waals surface area contributed by atoms with E-state index in [0.717, 1.165) is 22.9 Å². The first-order valence-electron chi connectivity index (χ1n) is 5.70. The van der Waals surface area contributed by atoms with Crippen LogP contribution in [0.3, 0.4) is 0 Å². The van der Waals surface area contributed by atoms with Gasteiger partial charge in [-0.05, 0) is 41.4 Å². The van der Waals surface area contributed by atoms with Crippen molar-refractivity contribution >= 4 is 22.7 Å². The van der Waals surface area contributed by atoms with E-state index in [1.54, 1.807) is 24.4 Å². The number of primary amides is 1. The first-order chi connectivity index (χ1) is 9.54. The Kier molecular flexibility index (Phi) is 4.31. The van der Waals surface area contributed by atoms with Crippen LogP contribution in [0, 0.1) is 10.1 Å². The molecule has 1 aromatic heterocycles. The predicted molar refractivity (Wildman–Crippen MR) is 75.6 cm³/mol. The van der Waals surface area contributed by atoms with E-state index in [4.69, 9.17) is 5.73 Å². The zero-order chi connectivity index (χ0) is 14.5. The molecule has 2 N–H and O–H groups in total. The Bertz CT molecular complexity index is 644. The van der Waals surface area contributed by atoms with E-state index in [9.17, 15) is 14.9 Å². The molecule has 2 aromatic rings. The third kappa shape index (κ3) is 3.79. The molecule has 0 aliphatic carbocycles. The second-order valence-corrected chi connectivity index (χ2v) is 5.05. The second kappa shape index (κ2) is 6.16. The van der Waals surface area contributed by atoms with E-state index in [-0.39, 0.29) is 5.69 Å². The summed E-state index contributed by atoms with van der Waals surface area (Å²) in [4.78, 5) is 25.0. The Morgan fingerprint density at radius 1 is 1.25 bits per heavy atom. The van der Waals surface area contributed by atoms with Gasteiger partial charge >= 0.3 is 0 Å². The van der Waals surface area contributed by atoms with Crippen molar-refractivity contribution in [2.45, 2.75) is 11.4 Å². The summed E-state index contributed by atoms with van der Waals surface area (Å²) in [7, 11) is 0. The highest BCUT2D eigenvalue weighted by Gasteiger charge is 2.06. The van der Waals surface area contributed by atoms with Gasteiger partial charge in [-0.3, -0.25) is 14.9 Å². The van der Waals surface area contributed by atoms with E-state index >= 15 is 0 Å². The van der Waals surface area contributed by atoms with Gasteiger partial charge in [0.2, 0.25) is 0 Å². The third-order valence-electron chi connectivity index (χ3n) is 2.56. The summed E-state index contributed by atoms with van der Waals surface area (Å²) in [6, 6.07) is 9.95. The van der Waals surface area contributed by atoms with Crippen LogP contribution in [0.4, 0.5) is 10.5 Å². The number of carbonyl (C=O) groups excluding carboxylic acids is 1. The normalized spacial score (nSPS) is 10.2. The van der Waals surface area contributed by atoms with Crippen LogP contribution in [0.25, 0.3) is 0 Å². The highest BCUT2D eigenvalue weighted by molar-refractivity contribution is 8.13. The summed E-state index contributed by atoms with van der Waals surface area (Å²) < 4.78 is 0. The van der Waals surface area contributed by atoms with Gasteiger partial charge in [-0.15, -0.1) is 0 Å². The number of nitrogens with zero attached hydrogens (tertiary/aromatic N) is 2. The average molecular weight is 289 g/mol. The Balaban J connectivity index is 2.13. The maximum Gasteiger partial charge on any atom is 0.282 e. The number of nitro benzene ring substituents is 1. The molecule has 0 saturated carbocycles. The van der Waals surface area contributed by atoms with Crippen LogP contribution in [0.2, 0.25) is 0 Å². The number of thioether (sulfide) groups is 1. The van der Waals surface area contributed by atoms with Gasteiger partial charge in [0, 0.05) is 18.3 Å². The number of benzene rings is 1. The van der Waals surface area contributed by atoms with Crippen molar-refractivity contribution in [2.75, 3.05) is 0 Å². The Labute approximate surface area is 119 Å². The molecule has 0 aliphatic rings. The molecule has 1 amide bonds. The summed E-state index contributed by atoms with van der Waals surface area (Å²) in [5, 5.41) is 10.6. The minimum Gasteiger partial charge on any atom is -0.360 e. The van der Waals surface area contributed by atoms with E-state index in [2.05, 4.69) is 4.98 Å². The molecule has 0 aliphatic heterocycles. The van der Waals surface area contributed by atoms with Gasteiger partial charge in [0.25, 0.3) is 10.9 Å². The lowest BCUT2D eigenvalue weighted by Crippen LogP contribution is -2.02. The summed E-state index contributed by atoms with van der Waals surface area (Å²) in [5.41, 5.74) is 7.05. The van der Waals surface area contributed by atoms with Crippen LogP contribution in [0.15, 0.2) is 47.6 Å². The molecule has 1 aromatic carbocycles. The summed E-state index contributed by atoms with van der Waals surface area (Å²) >= 11 is 0.868. The summed E-state index contributed by atoms with van der Waals surface area (Å²) in [6.45, 7) is 0. The average Bonchev–Trinajstić information content (AvgIpc) is 2.39. The van der Waals surface area contributed by atoms with Crippen molar-refractivity contribution in [3.8, 4) is 0 Å². The van der Waals surface area contributed by atoms with Crippen molar-refractivity contribution in [3.63, 3.8) is 0 Å². The number of non-ortho nitro benzene ring substituents is 1. The minimum atomic E-state index is -0.509. The molecule has 102 valence electrons. The second-order valence-electron chi connectivity index (χ2n) is 4.02. The summed E-state index contributed by atoms with van der Waals surface area (Å²) in [5.74, 6) is 0. The lowest BCUT2D eigenvalue weighted by Gasteiger charge is -2.03. The van der Waals surface area contributed by atoms with E-state index in [1.165, 1.54) is 12.1 Å². The summed E-state index contributed by atoms with van der Waals surface area (Å²) in [6.07, 6.45) is 2.21. The Morgan fingerprint density at radius 2 is 1.95 bits per heavy atom. The third-order valence-corrected chi connectivity index (χ3v) is 3.19. The number of pyridine rings is 1. The fourth-order valence-electron chi connectivity index (χ4n) is 1.69. The fraction of sp³-hybridized carbons (Fsp3) is 0.0769. The van der Waals surface area contributed by atoms with Gasteiger partial charge in [0.05, 0.1) is 4.92 Å². The molecule has 0 spiro atoms. The maximum absolute atomic E-state index is 10.8. The van der Waals surface area contributed by atoms with Crippen LogP contribution in [-0.2, 0) is 6.42 Å². The monoisotopic (exact) mass is 289 g/mol. The molecule has 7 heteroatoms. The molecule has 0 radical (unpaired) electrons. The zero-order valence-electron chi connectivity index (χ0n) is 10.4. The maximum atomic E-state index is 10.8. The van der Waals surface area contributed by atoms with Crippen molar-refractivity contribution in [3.05, 3.63) is 63.8 Å². The topological polar surface area (TPSA) is 99.1 Å². The number of carbonyl (C=O) groups is 1. The molecule has 6 nitrogen and oxygen atoms in total. The highest BCUT2D eigenvalue weighted by atomic mass is 32.2. The number of amides is 1. The molecule has 0 atom stereocenters. The minimum absolute atomic E-state index is 0.0634. The molecular formula is C13H11N3O3S. The number of aromatic nitrogens is 1. The lowest BCUT2D eigenvalue weighted by atomic mass is 10.1. The zero-order valence-corrected chi connectivity index (χ0v) is 11.2. The molecule has 1 heterocycles. The molecule has 0 unspecified atom stereocenters. The van der Waals surface area contributed by atoms with Gasteiger partial charge in [0.15, 0.2) is 0 Å². The van der Waals surface area contributed by atoms with E-state index in [0.29, 0.717) is 11.4 Å². The first kappa shape index (κ1) is 14.0. The molecule has 0 saturated heterocycles. The van der Waals surface area contributed by atoms with Crippen molar-refractivity contribution < 1.29 is 9.72 Å². The van der Waals surface area contributed by atoms with Crippen LogP contribution < -0.4 is 5.73 Å². The molecular weight excluding hydrogens is 278 g/mol. The van der Waals surface area contributed by atoms with Gasteiger partial charge in [-0.2, -0.15) is 0 Å². The first-order valence-corrected chi connectivity index (χ1v) is 6.52. The van der Waals surface area contributed by atoms with E-state index in [1.807, 2.05) is 6.07 Å². The fourth-order valence-corrected chi connectivity index (χ4v) is 2.22. The standard InChI is InChI=1S/C13H11N3O3S/c14-13(17)20-12-8-10(5-6-15-12)7-9-1-3-11(4-2-9)16(18)19/h1-6,8H,7H2,(H2,14,17). The van der Waals surface area contributed by atoms with E-state index < -0.39 is 10.2 Å². The van der Waals surface area contributed by atoms with Gasteiger partial charge in [-0.25, -0.2) is 4.98 Å². The van der Waals surface area contributed by atoms with Crippen LogP contribution in [0.1, 0.15) is 11.1 Å². The number of nitrogens with two attached hydrogens (primary N) is 1. The van der Waals surface area contributed by atoms with Crippen LogP contribution >= 0.6 is 11.8 Å². The van der Waals surface area contributed by atoms with Crippen molar-refractivity contribution in [2.24, 2.45) is 5.73 Å². The van der Waals surface area contributed by atoms with Crippen molar-refractivity contribution in [1.29, 1.82) is 0 Å². The van der Waals surface area contributed by atoms with Crippen LogP contribution in [0.5, 0.6) is 0 Å². The number of hydrogen-bond donors (Lipinski definition) is 1. The number of hydrogen-bond acceptors (Lipinski definition) is 5. The molecule has 0 fully saturated rings. The Morgan fingerprint density at radius 3 is 2.55 bits per heavy atom. The largest absolute Gasteiger partial charge is 0.360 e. The SMILES string of the molecule is NC(=O)Sc1cc(Cc2ccc([N+](=O)[O-])cc2)ccn1. The van der Waals surface area contributed by atoms with Crippen molar-refractivity contribution in [1.82, 2.24) is 4.98 Å². The predicted octanol–water partition coefficient (Wildman–Crippen LogP) is 2.75. The molecule has 0 bridgehead atoms. The number of rotatable bonds is 4. The van der Waals surface area contributed by atoms with Gasteiger partial charge < -0.3 is 5.73 Å². The molecule has 2 rings (SSSR count). The number of nitro groups is 1.